The highest BCUT2D eigenvalue weighted by Crippen LogP contribution is 2.16. The minimum Gasteiger partial charge on any atom is -0.482 e. The second-order valence-electron chi connectivity index (χ2n) is 8.61. The van der Waals surface area contributed by atoms with Gasteiger partial charge in [0, 0.05) is 29.7 Å². The zero-order valence-corrected chi connectivity index (χ0v) is 19.8. The summed E-state index contributed by atoms with van der Waals surface area (Å²) >= 11 is 0. The molecule has 0 radical (unpaired) electrons. The van der Waals surface area contributed by atoms with Gasteiger partial charge in [0.05, 0.1) is 6.20 Å². The van der Waals surface area contributed by atoms with Gasteiger partial charge in [-0.3, -0.25) is 19.9 Å². The van der Waals surface area contributed by atoms with Gasteiger partial charge in [-0.15, -0.1) is 0 Å². The molecule has 1 heterocycles. The maximum absolute atomic E-state index is 12.5. The summed E-state index contributed by atoms with van der Waals surface area (Å²) in [6.45, 7) is 5.55. The van der Waals surface area contributed by atoms with Crippen molar-refractivity contribution in [3.8, 4) is 5.75 Å². The highest BCUT2D eigenvalue weighted by molar-refractivity contribution is 6.04. The highest BCUT2D eigenvalue weighted by atomic mass is 16.6. The number of hydrogen-bond acceptors (Lipinski definition) is 6. The average Bonchev–Trinajstić information content (AvgIpc) is 2.82. The molecule has 9 heteroatoms. The van der Waals surface area contributed by atoms with Crippen LogP contribution >= 0.6 is 0 Å². The van der Waals surface area contributed by atoms with Crippen molar-refractivity contribution in [1.29, 1.82) is 0 Å². The number of ether oxygens (including phenoxy) is 2. The standard InChI is InChI=1S/C26H28N4O5/c1-26(2,3)35-25(33)30-21-12-10-20(11-13-21)29-24(32)19-8-6-18(7-9-19)15-28-23(31)17-34-22-5-4-14-27-16-22/h4-14,16H,15,17H2,1-3H3,(H,28,31)(H,29,32)(H,30,33). The molecular weight excluding hydrogens is 448 g/mol. The Hall–Kier alpha value is -4.40. The van der Waals surface area contributed by atoms with E-state index in [1.54, 1.807) is 87.6 Å². The zero-order chi connectivity index (χ0) is 25.3. The number of amides is 3. The second kappa shape index (κ2) is 11.6. The minimum absolute atomic E-state index is 0.113. The first-order valence-electron chi connectivity index (χ1n) is 11.0. The van der Waals surface area contributed by atoms with Crippen molar-refractivity contribution >= 4 is 29.3 Å². The van der Waals surface area contributed by atoms with Crippen molar-refractivity contribution in [3.63, 3.8) is 0 Å². The fourth-order valence-corrected chi connectivity index (χ4v) is 2.87. The average molecular weight is 477 g/mol. The summed E-state index contributed by atoms with van der Waals surface area (Å²) in [5.41, 5.74) is 1.85. The van der Waals surface area contributed by atoms with Crippen LogP contribution in [0.2, 0.25) is 0 Å². The molecule has 0 saturated heterocycles. The molecule has 182 valence electrons. The molecule has 3 amide bonds. The van der Waals surface area contributed by atoms with Gasteiger partial charge in [0.25, 0.3) is 11.8 Å². The van der Waals surface area contributed by atoms with Crippen LogP contribution in [0.15, 0.2) is 73.1 Å². The number of hydrogen-bond donors (Lipinski definition) is 3. The topological polar surface area (TPSA) is 119 Å². The number of nitrogens with zero attached hydrogens (tertiary/aromatic N) is 1. The van der Waals surface area contributed by atoms with Crippen molar-refractivity contribution in [2.75, 3.05) is 17.2 Å². The Morgan fingerprint density at radius 3 is 2.14 bits per heavy atom. The lowest BCUT2D eigenvalue weighted by Crippen LogP contribution is -2.28. The van der Waals surface area contributed by atoms with E-state index in [1.165, 1.54) is 6.20 Å². The quantitative estimate of drug-likeness (QED) is 0.444. The lowest BCUT2D eigenvalue weighted by molar-refractivity contribution is -0.123. The van der Waals surface area contributed by atoms with Crippen LogP contribution in [0.1, 0.15) is 36.7 Å². The minimum atomic E-state index is -0.589. The SMILES string of the molecule is CC(C)(C)OC(=O)Nc1ccc(NC(=O)c2ccc(CNC(=O)COc3cccnc3)cc2)cc1. The van der Waals surface area contributed by atoms with Gasteiger partial charge in [0.1, 0.15) is 11.4 Å². The predicted octanol–water partition coefficient (Wildman–Crippen LogP) is 4.38. The molecule has 0 saturated carbocycles. The fraction of sp³-hybridized carbons (Fsp3) is 0.231. The number of rotatable bonds is 8. The third kappa shape index (κ3) is 8.81. The van der Waals surface area contributed by atoms with Gasteiger partial charge in [-0.2, -0.15) is 0 Å². The van der Waals surface area contributed by atoms with Crippen LogP contribution in [-0.4, -0.2) is 35.1 Å². The van der Waals surface area contributed by atoms with Gasteiger partial charge in [0.15, 0.2) is 6.61 Å². The number of aromatic nitrogens is 1. The number of anilines is 2. The summed E-state index contributed by atoms with van der Waals surface area (Å²) < 4.78 is 10.6. The van der Waals surface area contributed by atoms with E-state index in [0.717, 1.165) is 5.56 Å². The Labute approximate surface area is 203 Å². The first-order valence-corrected chi connectivity index (χ1v) is 11.0. The first-order chi connectivity index (χ1) is 16.7. The summed E-state index contributed by atoms with van der Waals surface area (Å²) in [7, 11) is 0. The molecule has 2 aromatic carbocycles. The summed E-state index contributed by atoms with van der Waals surface area (Å²) in [4.78, 5) is 40.3. The van der Waals surface area contributed by atoms with Crippen LogP contribution in [0, 0.1) is 0 Å². The molecule has 3 N–H and O–H groups in total. The molecule has 9 nitrogen and oxygen atoms in total. The molecule has 0 aliphatic rings. The highest BCUT2D eigenvalue weighted by Gasteiger charge is 2.16. The maximum Gasteiger partial charge on any atom is 0.412 e. The van der Waals surface area contributed by atoms with Gasteiger partial charge < -0.3 is 20.1 Å². The normalized spacial score (nSPS) is 10.7. The van der Waals surface area contributed by atoms with Gasteiger partial charge in [0.2, 0.25) is 0 Å². The Morgan fingerprint density at radius 2 is 1.54 bits per heavy atom. The molecule has 0 aliphatic heterocycles. The molecule has 35 heavy (non-hydrogen) atoms. The maximum atomic E-state index is 12.5. The fourth-order valence-electron chi connectivity index (χ4n) is 2.87. The van der Waals surface area contributed by atoms with E-state index < -0.39 is 11.7 Å². The number of pyridine rings is 1. The molecule has 3 rings (SSSR count). The first kappa shape index (κ1) is 25.2. The molecule has 0 aliphatic carbocycles. The smallest absolute Gasteiger partial charge is 0.412 e. The van der Waals surface area contributed by atoms with E-state index >= 15 is 0 Å². The van der Waals surface area contributed by atoms with E-state index in [0.29, 0.717) is 29.2 Å². The van der Waals surface area contributed by atoms with E-state index in [9.17, 15) is 14.4 Å². The van der Waals surface area contributed by atoms with Crippen LogP contribution in [0.3, 0.4) is 0 Å². The van der Waals surface area contributed by atoms with Crippen LogP contribution in [0.5, 0.6) is 5.75 Å². The van der Waals surface area contributed by atoms with Crippen molar-refractivity contribution in [3.05, 3.63) is 84.2 Å². The Morgan fingerprint density at radius 1 is 0.886 bits per heavy atom. The van der Waals surface area contributed by atoms with E-state index in [1.807, 2.05) is 0 Å². The van der Waals surface area contributed by atoms with Gasteiger partial charge in [-0.05, 0) is 74.9 Å². The van der Waals surface area contributed by atoms with E-state index in [4.69, 9.17) is 9.47 Å². The zero-order valence-electron chi connectivity index (χ0n) is 19.8. The monoisotopic (exact) mass is 476 g/mol. The van der Waals surface area contributed by atoms with Gasteiger partial charge in [-0.1, -0.05) is 12.1 Å². The third-order valence-corrected chi connectivity index (χ3v) is 4.50. The van der Waals surface area contributed by atoms with Crippen molar-refractivity contribution in [2.45, 2.75) is 32.9 Å². The largest absolute Gasteiger partial charge is 0.482 e. The number of nitrogens with one attached hydrogen (secondary N) is 3. The van der Waals surface area contributed by atoms with Gasteiger partial charge >= 0.3 is 6.09 Å². The lowest BCUT2D eigenvalue weighted by atomic mass is 10.1. The van der Waals surface area contributed by atoms with Crippen molar-refractivity contribution in [2.24, 2.45) is 0 Å². The molecule has 0 bridgehead atoms. The molecule has 0 unspecified atom stereocenters. The molecule has 3 aromatic rings. The van der Waals surface area contributed by atoms with Crippen molar-refractivity contribution in [1.82, 2.24) is 10.3 Å². The second-order valence-corrected chi connectivity index (χ2v) is 8.61. The van der Waals surface area contributed by atoms with E-state index in [2.05, 4.69) is 20.9 Å². The van der Waals surface area contributed by atoms with Crippen molar-refractivity contribution < 1.29 is 23.9 Å². The summed E-state index contributed by atoms with van der Waals surface area (Å²) in [6.07, 6.45) is 2.61. The summed E-state index contributed by atoms with van der Waals surface area (Å²) in [6, 6.07) is 17.1. The Bertz CT molecular complexity index is 1140. The molecular formula is C26H28N4O5. The van der Waals surface area contributed by atoms with Crippen LogP contribution < -0.4 is 20.7 Å². The molecule has 0 atom stereocenters. The summed E-state index contributed by atoms with van der Waals surface area (Å²) in [5, 5.41) is 8.21. The number of carbonyl (C=O) groups is 3. The van der Waals surface area contributed by atoms with Crippen LogP contribution in [0.4, 0.5) is 16.2 Å². The summed E-state index contributed by atoms with van der Waals surface area (Å²) in [5.74, 6) is -0.0226. The Balaban J connectivity index is 1.44. The number of carbonyl (C=O) groups excluding carboxylic acids is 3. The van der Waals surface area contributed by atoms with E-state index in [-0.39, 0.29) is 18.4 Å². The lowest BCUT2D eigenvalue weighted by Gasteiger charge is -2.19. The molecule has 0 fully saturated rings. The third-order valence-electron chi connectivity index (χ3n) is 4.50. The van der Waals surface area contributed by atoms with Crippen LogP contribution in [-0.2, 0) is 16.1 Å². The predicted molar refractivity (Wildman–Crippen MR) is 132 cm³/mol. The number of benzene rings is 2. The Kier molecular flexibility index (Phi) is 8.39. The van der Waals surface area contributed by atoms with Gasteiger partial charge in [-0.25, -0.2) is 4.79 Å². The van der Waals surface area contributed by atoms with Crippen LogP contribution in [0.25, 0.3) is 0 Å². The molecule has 1 aromatic heterocycles. The molecule has 0 spiro atoms.